The van der Waals surface area contributed by atoms with Crippen molar-refractivity contribution in [2.75, 3.05) is 5.75 Å². The number of nitrogens with one attached hydrogen (secondary N) is 1. The predicted molar refractivity (Wildman–Crippen MR) is 121 cm³/mol. The number of carbonyl (C=O) groups is 2. The van der Waals surface area contributed by atoms with Gasteiger partial charge in [0.15, 0.2) is 0 Å². The minimum Gasteiger partial charge on any atom is -0.481 e. The van der Waals surface area contributed by atoms with Gasteiger partial charge in [0.1, 0.15) is 0 Å². The van der Waals surface area contributed by atoms with Crippen molar-refractivity contribution in [3.63, 3.8) is 0 Å². The number of hydrogen-bond donors (Lipinski definition) is 2. The number of urea groups is 1. The first-order valence-corrected chi connectivity index (χ1v) is 11.6. The highest BCUT2D eigenvalue weighted by Crippen LogP contribution is 2.34. The molecule has 0 radical (unpaired) electrons. The SMILES string of the molecule is O=C(O)CCCC[C@H]1C[C@@H](N(Cc2ccccc2)C(=O)NCc2ccccc2)CS1. The van der Waals surface area contributed by atoms with Crippen molar-refractivity contribution in [2.45, 2.75) is 56.5 Å². The number of aliphatic carboxylic acids is 1. The third-order valence-corrected chi connectivity index (χ3v) is 6.89. The summed E-state index contributed by atoms with van der Waals surface area (Å²) in [6.07, 6.45) is 3.86. The zero-order chi connectivity index (χ0) is 21.2. The Balaban J connectivity index is 1.58. The average molecular weight is 427 g/mol. The van der Waals surface area contributed by atoms with Crippen molar-refractivity contribution in [2.24, 2.45) is 0 Å². The van der Waals surface area contributed by atoms with Crippen molar-refractivity contribution < 1.29 is 14.7 Å². The molecule has 0 unspecified atom stereocenters. The Morgan fingerprint density at radius 3 is 2.33 bits per heavy atom. The molecule has 160 valence electrons. The van der Waals surface area contributed by atoms with Crippen LogP contribution in [0.25, 0.3) is 0 Å². The number of amides is 2. The molecule has 1 aliphatic heterocycles. The molecule has 1 fully saturated rings. The maximum atomic E-state index is 13.1. The number of hydrogen-bond acceptors (Lipinski definition) is 3. The molecule has 2 amide bonds. The molecule has 3 rings (SSSR count). The number of benzene rings is 2. The van der Waals surface area contributed by atoms with E-state index < -0.39 is 5.97 Å². The highest BCUT2D eigenvalue weighted by Gasteiger charge is 2.32. The zero-order valence-corrected chi connectivity index (χ0v) is 18.0. The van der Waals surface area contributed by atoms with E-state index in [0.29, 0.717) is 18.3 Å². The van der Waals surface area contributed by atoms with Gasteiger partial charge in [-0.05, 0) is 30.4 Å². The smallest absolute Gasteiger partial charge is 0.318 e. The zero-order valence-electron chi connectivity index (χ0n) is 17.2. The summed E-state index contributed by atoms with van der Waals surface area (Å²) in [5.74, 6) is 0.200. The third kappa shape index (κ3) is 7.10. The van der Waals surface area contributed by atoms with Gasteiger partial charge in [-0.15, -0.1) is 0 Å². The predicted octanol–water partition coefficient (Wildman–Crippen LogP) is 4.92. The fourth-order valence-corrected chi connectivity index (χ4v) is 5.28. The molecule has 0 aromatic heterocycles. The van der Waals surface area contributed by atoms with Crippen LogP contribution in [0.15, 0.2) is 60.7 Å². The van der Waals surface area contributed by atoms with Crippen molar-refractivity contribution in [1.29, 1.82) is 0 Å². The van der Waals surface area contributed by atoms with Gasteiger partial charge < -0.3 is 15.3 Å². The van der Waals surface area contributed by atoms with Gasteiger partial charge in [-0.1, -0.05) is 67.1 Å². The van der Waals surface area contributed by atoms with E-state index in [-0.39, 0.29) is 18.5 Å². The van der Waals surface area contributed by atoms with E-state index >= 15 is 0 Å². The monoisotopic (exact) mass is 426 g/mol. The first-order chi connectivity index (χ1) is 14.6. The molecule has 5 nitrogen and oxygen atoms in total. The van der Waals surface area contributed by atoms with Crippen molar-refractivity contribution in [3.05, 3.63) is 71.8 Å². The van der Waals surface area contributed by atoms with Crippen molar-refractivity contribution >= 4 is 23.8 Å². The lowest BCUT2D eigenvalue weighted by Gasteiger charge is -2.29. The standard InChI is InChI=1S/C24H30N2O3S/c27-23(28)14-8-7-13-22-15-21(18-30-22)26(17-20-11-5-2-6-12-20)24(29)25-16-19-9-3-1-4-10-19/h1-6,9-12,21-22H,7-8,13-18H2,(H,25,29)(H,27,28)/t21-,22+/m1/s1. The molecule has 0 spiro atoms. The Kier molecular flexibility index (Phi) is 8.63. The maximum Gasteiger partial charge on any atom is 0.318 e. The van der Waals surface area contributed by atoms with Crippen molar-refractivity contribution in [1.82, 2.24) is 10.2 Å². The number of carboxylic acid groups (broad SMARTS) is 1. The largest absolute Gasteiger partial charge is 0.481 e. The van der Waals surface area contributed by atoms with Gasteiger partial charge in [0.05, 0.1) is 0 Å². The van der Waals surface area contributed by atoms with Crippen LogP contribution in [0, 0.1) is 0 Å². The van der Waals surface area contributed by atoms with E-state index in [4.69, 9.17) is 5.11 Å². The minimum absolute atomic E-state index is 0.0279. The Morgan fingerprint density at radius 1 is 1.00 bits per heavy atom. The number of unbranched alkanes of at least 4 members (excludes halogenated alkanes) is 1. The van der Waals surface area contributed by atoms with Crippen LogP contribution in [0.5, 0.6) is 0 Å². The van der Waals surface area contributed by atoms with Crippen LogP contribution in [0.3, 0.4) is 0 Å². The summed E-state index contributed by atoms with van der Waals surface area (Å²) in [6, 6.07) is 20.2. The Labute approximate surface area is 182 Å². The topological polar surface area (TPSA) is 69.6 Å². The summed E-state index contributed by atoms with van der Waals surface area (Å²) in [5.41, 5.74) is 2.21. The Hall–Kier alpha value is -2.47. The minimum atomic E-state index is -0.726. The molecular formula is C24H30N2O3S. The second-order valence-electron chi connectivity index (χ2n) is 7.74. The molecule has 2 aromatic rings. The van der Waals surface area contributed by atoms with Crippen LogP contribution in [0.1, 0.15) is 43.2 Å². The highest BCUT2D eigenvalue weighted by atomic mass is 32.2. The van der Waals surface area contributed by atoms with E-state index in [2.05, 4.69) is 17.4 Å². The first-order valence-electron chi connectivity index (χ1n) is 10.6. The van der Waals surface area contributed by atoms with Crippen LogP contribution in [0.4, 0.5) is 4.79 Å². The van der Waals surface area contributed by atoms with E-state index in [0.717, 1.165) is 42.6 Å². The Morgan fingerprint density at radius 2 is 1.67 bits per heavy atom. The fraction of sp³-hybridized carbons (Fsp3) is 0.417. The molecule has 6 heteroatoms. The number of carbonyl (C=O) groups excluding carboxylic acids is 1. The molecule has 1 aliphatic rings. The van der Waals surface area contributed by atoms with Gasteiger partial charge in [-0.3, -0.25) is 4.79 Å². The van der Waals surface area contributed by atoms with Gasteiger partial charge in [-0.25, -0.2) is 4.79 Å². The molecule has 2 atom stereocenters. The summed E-state index contributed by atoms with van der Waals surface area (Å²) in [6.45, 7) is 1.11. The normalized spacial score (nSPS) is 18.1. The summed E-state index contributed by atoms with van der Waals surface area (Å²) in [7, 11) is 0. The number of nitrogens with zero attached hydrogens (tertiary/aromatic N) is 1. The average Bonchev–Trinajstić information content (AvgIpc) is 3.23. The lowest BCUT2D eigenvalue weighted by Crippen LogP contribution is -2.45. The number of carboxylic acids is 1. The fourth-order valence-electron chi connectivity index (χ4n) is 3.78. The lowest BCUT2D eigenvalue weighted by molar-refractivity contribution is -0.137. The van der Waals surface area contributed by atoms with Crippen LogP contribution in [-0.4, -0.2) is 39.1 Å². The molecular weight excluding hydrogens is 396 g/mol. The van der Waals surface area contributed by atoms with Crippen molar-refractivity contribution in [3.8, 4) is 0 Å². The molecule has 1 heterocycles. The molecule has 2 aromatic carbocycles. The molecule has 30 heavy (non-hydrogen) atoms. The molecule has 0 bridgehead atoms. The lowest BCUT2D eigenvalue weighted by atomic mass is 10.1. The van der Waals surface area contributed by atoms with Gasteiger partial charge in [-0.2, -0.15) is 11.8 Å². The Bertz CT molecular complexity index is 801. The maximum absolute atomic E-state index is 13.1. The summed E-state index contributed by atoms with van der Waals surface area (Å²) >= 11 is 1.91. The van der Waals surface area contributed by atoms with Crippen LogP contribution < -0.4 is 5.32 Å². The van der Waals surface area contributed by atoms with Crippen LogP contribution in [0.2, 0.25) is 0 Å². The summed E-state index contributed by atoms with van der Waals surface area (Å²) in [4.78, 5) is 25.8. The molecule has 0 aliphatic carbocycles. The van der Waals surface area contributed by atoms with E-state index in [1.807, 2.05) is 65.2 Å². The number of thioether (sulfide) groups is 1. The second kappa shape index (κ2) is 11.6. The second-order valence-corrected chi connectivity index (χ2v) is 9.08. The highest BCUT2D eigenvalue weighted by molar-refractivity contribution is 8.00. The first kappa shape index (κ1) is 22.2. The van der Waals surface area contributed by atoms with Gasteiger partial charge in [0.2, 0.25) is 0 Å². The quantitative estimate of drug-likeness (QED) is 0.529. The molecule has 2 N–H and O–H groups in total. The van der Waals surface area contributed by atoms with Gasteiger partial charge in [0.25, 0.3) is 0 Å². The summed E-state index contributed by atoms with van der Waals surface area (Å²) in [5, 5.41) is 12.4. The summed E-state index contributed by atoms with van der Waals surface area (Å²) < 4.78 is 0. The van der Waals surface area contributed by atoms with Crippen LogP contribution in [-0.2, 0) is 17.9 Å². The van der Waals surface area contributed by atoms with E-state index in [1.54, 1.807) is 0 Å². The molecule has 1 saturated heterocycles. The third-order valence-electron chi connectivity index (χ3n) is 5.41. The van der Waals surface area contributed by atoms with Gasteiger partial charge in [0, 0.05) is 36.6 Å². The van der Waals surface area contributed by atoms with E-state index in [1.165, 1.54) is 0 Å². The number of rotatable bonds is 10. The van der Waals surface area contributed by atoms with E-state index in [9.17, 15) is 9.59 Å². The molecule has 0 saturated carbocycles. The van der Waals surface area contributed by atoms with Crippen LogP contribution >= 0.6 is 11.8 Å². The van der Waals surface area contributed by atoms with Gasteiger partial charge >= 0.3 is 12.0 Å².